The molecule has 3 rings (SSSR count). The lowest BCUT2D eigenvalue weighted by Gasteiger charge is -2.23. The average molecular weight is 412 g/mol. The molecule has 2 aromatic rings. The molecular formula is C24H37N5O. The Morgan fingerprint density at radius 1 is 1.07 bits per heavy atom. The van der Waals surface area contributed by atoms with Gasteiger partial charge in [-0.3, -0.25) is 0 Å². The molecule has 3 heterocycles. The molecule has 1 fully saturated rings. The Morgan fingerprint density at radius 3 is 2.47 bits per heavy atom. The lowest BCUT2D eigenvalue weighted by atomic mass is 10.0. The number of rotatable bonds is 10. The van der Waals surface area contributed by atoms with Crippen LogP contribution in [0.25, 0.3) is 11.3 Å². The fourth-order valence-corrected chi connectivity index (χ4v) is 3.84. The number of nitrogens with zero attached hydrogens (tertiary/aromatic N) is 4. The minimum Gasteiger partial charge on any atom is -0.475 e. The van der Waals surface area contributed by atoms with Crippen molar-refractivity contribution < 1.29 is 4.74 Å². The van der Waals surface area contributed by atoms with Crippen molar-refractivity contribution in [2.75, 3.05) is 37.0 Å². The molecule has 6 heteroatoms. The molecule has 30 heavy (non-hydrogen) atoms. The zero-order valence-corrected chi connectivity index (χ0v) is 19.3. The van der Waals surface area contributed by atoms with E-state index in [-0.39, 0.29) is 0 Å². The van der Waals surface area contributed by atoms with E-state index in [2.05, 4.69) is 50.0 Å². The van der Waals surface area contributed by atoms with Crippen molar-refractivity contribution in [3.63, 3.8) is 0 Å². The number of nitrogens with one attached hydrogen (secondary N) is 1. The summed E-state index contributed by atoms with van der Waals surface area (Å²) in [5.74, 6) is 2.73. The maximum atomic E-state index is 5.98. The molecule has 164 valence electrons. The Balaban J connectivity index is 2.03. The molecule has 0 bridgehead atoms. The minimum atomic E-state index is 0.392. The van der Waals surface area contributed by atoms with Crippen LogP contribution in [0.1, 0.15) is 77.1 Å². The van der Waals surface area contributed by atoms with Crippen molar-refractivity contribution in [1.82, 2.24) is 15.0 Å². The van der Waals surface area contributed by atoms with Crippen molar-refractivity contribution in [3.8, 4) is 17.1 Å². The minimum absolute atomic E-state index is 0.392. The van der Waals surface area contributed by atoms with Crippen LogP contribution in [0.3, 0.4) is 0 Å². The van der Waals surface area contributed by atoms with E-state index in [1.165, 1.54) is 19.3 Å². The predicted molar refractivity (Wildman–Crippen MR) is 125 cm³/mol. The summed E-state index contributed by atoms with van der Waals surface area (Å²) in [6.07, 6.45) is 6.59. The molecule has 0 spiro atoms. The summed E-state index contributed by atoms with van der Waals surface area (Å²) in [7, 11) is 1.87. The van der Waals surface area contributed by atoms with Crippen LogP contribution in [0, 0.1) is 0 Å². The molecule has 0 unspecified atom stereocenters. The van der Waals surface area contributed by atoms with Crippen molar-refractivity contribution in [2.45, 2.75) is 72.1 Å². The van der Waals surface area contributed by atoms with Gasteiger partial charge in [0.25, 0.3) is 5.88 Å². The molecule has 0 aliphatic carbocycles. The maximum Gasteiger partial charge on any atom is 0.257 e. The van der Waals surface area contributed by atoms with Crippen LogP contribution in [-0.2, 0) is 6.42 Å². The molecule has 0 radical (unpaired) electrons. The molecule has 6 nitrogen and oxygen atoms in total. The third-order valence-corrected chi connectivity index (χ3v) is 5.64. The van der Waals surface area contributed by atoms with E-state index in [0.717, 1.165) is 60.8 Å². The molecule has 0 saturated carbocycles. The van der Waals surface area contributed by atoms with Gasteiger partial charge in [0.15, 0.2) is 5.82 Å². The van der Waals surface area contributed by atoms with Crippen LogP contribution >= 0.6 is 0 Å². The van der Waals surface area contributed by atoms with E-state index in [9.17, 15) is 0 Å². The summed E-state index contributed by atoms with van der Waals surface area (Å²) in [5, 5.41) is 3.18. The third-order valence-electron chi connectivity index (χ3n) is 5.64. The van der Waals surface area contributed by atoms with E-state index < -0.39 is 0 Å². The van der Waals surface area contributed by atoms with Crippen LogP contribution < -0.4 is 15.0 Å². The number of unbranched alkanes of at least 4 members (excludes halogenated alkanes) is 2. The van der Waals surface area contributed by atoms with Gasteiger partial charge in [-0.25, -0.2) is 15.0 Å². The van der Waals surface area contributed by atoms with E-state index in [4.69, 9.17) is 19.7 Å². The summed E-state index contributed by atoms with van der Waals surface area (Å²) >= 11 is 0. The lowest BCUT2D eigenvalue weighted by Crippen LogP contribution is -2.21. The Bertz CT molecular complexity index is 831. The fraction of sp³-hybridized carbons (Fsp3) is 0.625. The van der Waals surface area contributed by atoms with Crippen molar-refractivity contribution in [1.29, 1.82) is 0 Å². The zero-order chi connectivity index (χ0) is 21.5. The Labute approximate surface area is 181 Å². The van der Waals surface area contributed by atoms with Gasteiger partial charge in [0, 0.05) is 31.4 Å². The highest BCUT2D eigenvalue weighted by Gasteiger charge is 2.23. The van der Waals surface area contributed by atoms with Gasteiger partial charge < -0.3 is 15.0 Å². The number of anilines is 2. The largest absolute Gasteiger partial charge is 0.475 e. The van der Waals surface area contributed by atoms with E-state index in [0.29, 0.717) is 24.2 Å². The Kier molecular flexibility index (Phi) is 7.88. The first-order valence-electron chi connectivity index (χ1n) is 11.6. The first-order chi connectivity index (χ1) is 14.6. The summed E-state index contributed by atoms with van der Waals surface area (Å²) in [4.78, 5) is 17.3. The van der Waals surface area contributed by atoms with Gasteiger partial charge in [0.1, 0.15) is 5.82 Å². The van der Waals surface area contributed by atoms with E-state index in [1.807, 2.05) is 7.05 Å². The average Bonchev–Trinajstić information content (AvgIpc) is 3.30. The standard InChI is InChI=1S/C24H37N5O/c1-6-8-11-16-30-24-22(25-5)28-21(19(7-2)27-24)18-12-13-20(17(3)4)26-23(18)29-14-9-10-15-29/h12-13,17H,6-11,14-16H2,1-5H3,(H,25,28). The fourth-order valence-electron chi connectivity index (χ4n) is 3.84. The molecule has 0 atom stereocenters. The van der Waals surface area contributed by atoms with Gasteiger partial charge in [-0.15, -0.1) is 0 Å². The van der Waals surface area contributed by atoms with Gasteiger partial charge in [-0.1, -0.05) is 40.5 Å². The summed E-state index contributed by atoms with van der Waals surface area (Å²) in [6.45, 7) is 11.5. The molecule has 1 saturated heterocycles. The van der Waals surface area contributed by atoms with Crippen LogP contribution in [0.5, 0.6) is 5.88 Å². The highest BCUT2D eigenvalue weighted by Crippen LogP contribution is 2.36. The van der Waals surface area contributed by atoms with Crippen molar-refractivity contribution >= 4 is 11.6 Å². The number of aromatic nitrogens is 3. The zero-order valence-electron chi connectivity index (χ0n) is 19.3. The van der Waals surface area contributed by atoms with Crippen LogP contribution in [0.2, 0.25) is 0 Å². The van der Waals surface area contributed by atoms with Gasteiger partial charge in [-0.05, 0) is 43.7 Å². The second-order valence-corrected chi connectivity index (χ2v) is 8.29. The second-order valence-electron chi connectivity index (χ2n) is 8.29. The molecule has 2 aromatic heterocycles. The normalized spacial score (nSPS) is 13.9. The number of hydrogen-bond acceptors (Lipinski definition) is 6. The lowest BCUT2D eigenvalue weighted by molar-refractivity contribution is 0.294. The van der Waals surface area contributed by atoms with Crippen LogP contribution in [-0.4, -0.2) is 41.7 Å². The molecule has 0 aromatic carbocycles. The van der Waals surface area contributed by atoms with Crippen LogP contribution in [0.4, 0.5) is 11.6 Å². The Hall–Kier alpha value is -2.37. The molecular weight excluding hydrogens is 374 g/mol. The van der Waals surface area contributed by atoms with E-state index in [1.54, 1.807) is 0 Å². The maximum absolute atomic E-state index is 5.98. The van der Waals surface area contributed by atoms with Gasteiger partial charge >= 0.3 is 0 Å². The molecule has 0 amide bonds. The highest BCUT2D eigenvalue weighted by atomic mass is 16.5. The smallest absolute Gasteiger partial charge is 0.257 e. The SMILES string of the molecule is CCCCCOc1nc(CC)c(-c2ccc(C(C)C)nc2N2CCCC2)nc1NC. The third kappa shape index (κ3) is 5.02. The van der Waals surface area contributed by atoms with Crippen molar-refractivity contribution in [3.05, 3.63) is 23.5 Å². The first-order valence-corrected chi connectivity index (χ1v) is 11.6. The first kappa shape index (κ1) is 22.3. The Morgan fingerprint density at radius 2 is 1.83 bits per heavy atom. The second kappa shape index (κ2) is 10.6. The summed E-state index contributed by atoms with van der Waals surface area (Å²) < 4.78 is 5.98. The van der Waals surface area contributed by atoms with Gasteiger partial charge in [0.2, 0.25) is 0 Å². The van der Waals surface area contributed by atoms with Crippen molar-refractivity contribution in [2.24, 2.45) is 0 Å². The highest BCUT2D eigenvalue weighted by molar-refractivity contribution is 5.76. The van der Waals surface area contributed by atoms with Gasteiger partial charge in [0.05, 0.1) is 18.0 Å². The number of pyridine rings is 1. The van der Waals surface area contributed by atoms with Gasteiger partial charge in [-0.2, -0.15) is 0 Å². The van der Waals surface area contributed by atoms with Crippen LogP contribution in [0.15, 0.2) is 12.1 Å². The number of hydrogen-bond donors (Lipinski definition) is 1. The number of aryl methyl sites for hydroxylation is 1. The monoisotopic (exact) mass is 411 g/mol. The summed E-state index contributed by atoms with van der Waals surface area (Å²) in [5.41, 5.74) is 4.06. The predicted octanol–water partition coefficient (Wildman–Crippen LogP) is 5.44. The number of ether oxygens (including phenoxy) is 1. The molecule has 1 N–H and O–H groups in total. The quantitative estimate of drug-likeness (QED) is 0.526. The molecule has 1 aliphatic heterocycles. The van der Waals surface area contributed by atoms with E-state index >= 15 is 0 Å². The summed E-state index contributed by atoms with van der Waals surface area (Å²) in [6, 6.07) is 4.31. The topological polar surface area (TPSA) is 63.2 Å². The molecule has 1 aliphatic rings.